The van der Waals surface area contributed by atoms with Crippen LogP contribution in [0.2, 0.25) is 0 Å². The van der Waals surface area contributed by atoms with Crippen molar-refractivity contribution < 1.29 is 76.6 Å². The lowest BCUT2D eigenvalue weighted by Gasteiger charge is -2.20. The van der Waals surface area contributed by atoms with E-state index in [-0.39, 0.29) is 25.0 Å². The molecule has 16 nitrogen and oxygen atoms in total. The normalized spacial score (nSPS) is 19.7. The van der Waals surface area contributed by atoms with Gasteiger partial charge in [0.2, 0.25) is 0 Å². The maximum Gasteiger partial charge on any atom is 0.472 e. The third kappa shape index (κ3) is 31.7. The molecule has 1 saturated carbocycles. The number of phosphoric acid groups is 2. The van der Waals surface area contributed by atoms with Crippen LogP contribution in [0.4, 0.5) is 0 Å². The second-order valence-electron chi connectivity index (χ2n) is 16.1. The third-order valence-electron chi connectivity index (χ3n) is 10.4. The fraction of sp³-hybridized carbons (Fsp3) is 0.795. The number of carbonyl (C=O) groups excluding carboxylic acids is 3. The average molecular weight is 925 g/mol. The first-order valence-electron chi connectivity index (χ1n) is 22.8. The largest absolute Gasteiger partial charge is 0.472 e. The predicted molar refractivity (Wildman–Crippen MR) is 236 cm³/mol. The van der Waals surface area contributed by atoms with Gasteiger partial charge < -0.3 is 39.5 Å². The highest BCUT2D eigenvalue weighted by Gasteiger charge is 2.39. The van der Waals surface area contributed by atoms with Gasteiger partial charge in [0.25, 0.3) is 0 Å². The molecule has 360 valence electrons. The van der Waals surface area contributed by atoms with Gasteiger partial charge in [0.05, 0.1) is 32.0 Å². The Hall–Kier alpha value is -2.07. The van der Waals surface area contributed by atoms with E-state index in [0.717, 1.165) is 64.2 Å². The van der Waals surface area contributed by atoms with Crippen LogP contribution in [-0.4, -0.2) is 98.6 Å². The van der Waals surface area contributed by atoms with Crippen LogP contribution in [0.3, 0.4) is 0 Å². The van der Waals surface area contributed by atoms with E-state index in [1.165, 1.54) is 32.1 Å². The van der Waals surface area contributed by atoms with E-state index in [0.29, 0.717) is 32.1 Å². The number of hydrogen-bond donors (Lipinski definition) is 6. The number of rotatable bonds is 39. The molecule has 0 radical (unpaired) electrons. The second-order valence-corrected chi connectivity index (χ2v) is 18.8. The molecular weight excluding hydrogens is 846 g/mol. The highest BCUT2D eigenvalue weighted by molar-refractivity contribution is 7.47. The maximum atomic E-state index is 12.8. The molecule has 6 N–H and O–H groups in total. The summed E-state index contributed by atoms with van der Waals surface area (Å²) in [5, 5.41) is 30.5. The van der Waals surface area contributed by atoms with Crippen molar-refractivity contribution >= 4 is 33.4 Å². The lowest BCUT2D eigenvalue weighted by atomic mass is 9.90. The fourth-order valence-corrected chi connectivity index (χ4v) is 7.95. The van der Waals surface area contributed by atoms with Crippen molar-refractivity contribution in [3.05, 3.63) is 36.5 Å². The highest BCUT2D eigenvalue weighted by atomic mass is 31.2. The number of carbonyl (C=O) groups is 3. The van der Waals surface area contributed by atoms with Gasteiger partial charge in [0.1, 0.15) is 18.5 Å². The number of ether oxygens (including phenoxy) is 2. The summed E-state index contributed by atoms with van der Waals surface area (Å²) in [5.74, 6) is -2.11. The van der Waals surface area contributed by atoms with Crippen LogP contribution in [0.15, 0.2) is 36.5 Å². The van der Waals surface area contributed by atoms with Crippen molar-refractivity contribution in [2.45, 2.75) is 186 Å². The van der Waals surface area contributed by atoms with Gasteiger partial charge in [-0.15, -0.1) is 0 Å². The van der Waals surface area contributed by atoms with E-state index in [1.807, 2.05) is 12.2 Å². The molecule has 0 bridgehead atoms. The van der Waals surface area contributed by atoms with Crippen LogP contribution in [0.5, 0.6) is 0 Å². The standard InChI is InChI=1S/C44H78O16P2/c1-3-5-7-8-9-10-11-12-13-14-15-16-17-18-23-27-43(49)56-34-38(35-59-62(54,55)58-33-37(46)32-57-61(51,52)53)60-44(50)28-24-20-19-22-26-39-40(42(48)31-41(39)47)30-29-36(45)25-21-6-4-2/h10-11,19,22,29-30,36-40,42,45-46,48H,3-9,12-18,20-21,23-28,31-35H2,1-2H3,(H,54,55)(H2,51,52,53)/b11-10-,22-19-,30-29+/t36-,37-,38+,39+,40+,42+/m0/s1. The Bertz CT molecular complexity index is 1400. The average Bonchev–Trinajstić information content (AvgIpc) is 3.49. The predicted octanol–water partition coefficient (Wildman–Crippen LogP) is 8.26. The smallest absolute Gasteiger partial charge is 0.462 e. The van der Waals surface area contributed by atoms with Crippen LogP contribution in [-0.2, 0) is 46.6 Å². The number of allylic oxidation sites excluding steroid dienone is 4. The lowest BCUT2D eigenvalue weighted by Crippen LogP contribution is -2.29. The van der Waals surface area contributed by atoms with Crippen LogP contribution < -0.4 is 0 Å². The first-order chi connectivity index (χ1) is 29.6. The summed E-state index contributed by atoms with van der Waals surface area (Å²) < 4.78 is 47.8. The Balaban J connectivity index is 2.57. The van der Waals surface area contributed by atoms with Gasteiger partial charge >= 0.3 is 27.6 Å². The molecule has 0 aromatic carbocycles. The Morgan fingerprint density at radius 2 is 1.24 bits per heavy atom. The summed E-state index contributed by atoms with van der Waals surface area (Å²) in [6.45, 7) is 1.33. The van der Waals surface area contributed by atoms with Crippen LogP contribution in [0, 0.1) is 11.8 Å². The Labute approximate surface area is 369 Å². The molecule has 0 saturated heterocycles. The van der Waals surface area contributed by atoms with Crippen molar-refractivity contribution in [1.82, 2.24) is 0 Å². The van der Waals surface area contributed by atoms with Gasteiger partial charge in [0, 0.05) is 31.1 Å². The minimum atomic E-state index is -4.90. The quantitative estimate of drug-likeness (QED) is 0.0147. The second kappa shape index (κ2) is 35.2. The molecule has 18 heteroatoms. The molecule has 1 rings (SSSR count). The van der Waals surface area contributed by atoms with E-state index in [1.54, 1.807) is 12.2 Å². The summed E-state index contributed by atoms with van der Waals surface area (Å²) in [6, 6.07) is 0. The number of aliphatic hydroxyl groups excluding tert-OH is 3. The van der Waals surface area contributed by atoms with Crippen molar-refractivity contribution in [2.75, 3.05) is 26.4 Å². The third-order valence-corrected chi connectivity index (χ3v) is 11.8. The molecule has 1 aliphatic rings. The Kier molecular flexibility index (Phi) is 32.9. The number of aliphatic hydroxyl groups is 3. The van der Waals surface area contributed by atoms with E-state index in [4.69, 9.17) is 23.8 Å². The van der Waals surface area contributed by atoms with Gasteiger partial charge in [-0.05, 0) is 57.8 Å². The van der Waals surface area contributed by atoms with Gasteiger partial charge in [0.15, 0.2) is 6.10 Å². The minimum Gasteiger partial charge on any atom is -0.462 e. The Morgan fingerprint density at radius 1 is 0.694 bits per heavy atom. The number of Topliss-reactive ketones (excluding diaryl/α,β-unsaturated/α-hetero) is 1. The minimum absolute atomic E-state index is 0.0502. The van der Waals surface area contributed by atoms with Gasteiger partial charge in [-0.1, -0.05) is 121 Å². The summed E-state index contributed by atoms with van der Waals surface area (Å²) >= 11 is 0. The van der Waals surface area contributed by atoms with Gasteiger partial charge in [-0.3, -0.25) is 28.0 Å². The van der Waals surface area contributed by atoms with Crippen LogP contribution >= 0.6 is 15.6 Å². The van der Waals surface area contributed by atoms with Gasteiger partial charge in [-0.2, -0.15) is 0 Å². The van der Waals surface area contributed by atoms with Crippen LogP contribution in [0.25, 0.3) is 0 Å². The molecule has 62 heavy (non-hydrogen) atoms. The number of hydrogen-bond acceptors (Lipinski definition) is 13. The zero-order chi connectivity index (χ0) is 46.1. The highest BCUT2D eigenvalue weighted by Crippen LogP contribution is 2.44. The zero-order valence-corrected chi connectivity index (χ0v) is 39.0. The molecule has 7 atom stereocenters. The molecule has 1 aliphatic carbocycles. The molecule has 0 aromatic rings. The van der Waals surface area contributed by atoms with Crippen molar-refractivity contribution in [3.63, 3.8) is 0 Å². The molecule has 0 aromatic heterocycles. The summed E-state index contributed by atoms with van der Waals surface area (Å²) in [4.78, 5) is 65.5. The van der Waals surface area contributed by atoms with Crippen LogP contribution in [0.1, 0.15) is 162 Å². The maximum absolute atomic E-state index is 12.8. The SMILES string of the molecule is CCCCCC/C=C\CCCCCCCCCC(=O)OC[C@H](COP(=O)(O)OC[C@@H](O)COP(=O)(O)O)OC(=O)CCC/C=C\C[C@H]1C(=O)C[C@@H](O)[C@@H]1/C=C/[C@@H](O)CCCCC. The molecule has 0 amide bonds. The van der Waals surface area contributed by atoms with Crippen molar-refractivity contribution in [1.29, 1.82) is 0 Å². The van der Waals surface area contributed by atoms with E-state index in [2.05, 4.69) is 35.0 Å². The Morgan fingerprint density at radius 3 is 1.90 bits per heavy atom. The van der Waals surface area contributed by atoms with Crippen molar-refractivity contribution in [3.8, 4) is 0 Å². The van der Waals surface area contributed by atoms with E-state index < -0.39 is 90.3 Å². The van der Waals surface area contributed by atoms with Crippen molar-refractivity contribution in [2.24, 2.45) is 11.8 Å². The number of ketones is 1. The summed E-state index contributed by atoms with van der Waals surface area (Å²) in [5.41, 5.74) is 0. The number of phosphoric ester groups is 2. The number of unbranched alkanes of at least 4 members (excludes halogenated alkanes) is 14. The molecule has 1 fully saturated rings. The molecule has 0 aliphatic heterocycles. The summed E-state index contributed by atoms with van der Waals surface area (Å²) in [7, 11) is -9.78. The molecule has 0 spiro atoms. The van der Waals surface area contributed by atoms with E-state index in [9.17, 15) is 43.7 Å². The monoisotopic (exact) mass is 924 g/mol. The first-order valence-corrected chi connectivity index (χ1v) is 25.8. The molecular formula is C44H78O16P2. The fourth-order valence-electron chi connectivity index (χ4n) is 6.79. The topological polar surface area (TPSA) is 253 Å². The van der Waals surface area contributed by atoms with Gasteiger partial charge in [-0.25, -0.2) is 9.13 Å². The molecule has 1 unspecified atom stereocenters. The summed E-state index contributed by atoms with van der Waals surface area (Å²) in [6.07, 6.45) is 26.4. The zero-order valence-electron chi connectivity index (χ0n) is 37.2. The lowest BCUT2D eigenvalue weighted by molar-refractivity contribution is -0.161. The molecule has 0 heterocycles. The van der Waals surface area contributed by atoms with E-state index >= 15 is 0 Å². The first kappa shape index (κ1) is 57.9. The number of esters is 2.